The Balaban J connectivity index is 1.15. The number of nitrogens with zero attached hydrogens (tertiary/aromatic N) is 7. The number of benzene rings is 5. The molecule has 4 aromatic heterocycles. The van der Waals surface area contributed by atoms with Crippen LogP contribution in [0.1, 0.15) is 0 Å². The summed E-state index contributed by atoms with van der Waals surface area (Å²) in [7, 11) is -0.252. The molecule has 0 saturated carbocycles. The van der Waals surface area contributed by atoms with Gasteiger partial charge >= 0.3 is 7.12 Å². The first-order valence-corrected chi connectivity index (χ1v) is 16.8. The molecule has 11 rings (SSSR count). The maximum Gasteiger partial charge on any atom is 0.521 e. The molecule has 7 nitrogen and oxygen atoms in total. The SMILES string of the molecule is c1ccc(N2B3N(c4ncc5c(n4)sc4ccccc45)c4ccccc4N3c3cc(-n4c5ccccc5c5cccnc54)ccc32)cc1. The molecule has 0 radical (unpaired) electrons. The first kappa shape index (κ1) is 25.9. The number of aromatic nitrogens is 4. The topological polar surface area (TPSA) is 53.3 Å². The third-order valence-electron chi connectivity index (χ3n) is 9.64. The Hall–Kier alpha value is -6.19. The minimum absolute atomic E-state index is 0.252. The molecule has 224 valence electrons. The van der Waals surface area contributed by atoms with E-state index in [4.69, 9.17) is 15.0 Å². The van der Waals surface area contributed by atoms with E-state index in [0.29, 0.717) is 5.95 Å². The number of thiophene rings is 1. The quantitative estimate of drug-likeness (QED) is 0.181. The zero-order valence-corrected chi connectivity index (χ0v) is 26.3. The second-order valence-electron chi connectivity index (χ2n) is 12.2. The van der Waals surface area contributed by atoms with Gasteiger partial charge in [-0.05, 0) is 66.7 Å². The first-order chi connectivity index (χ1) is 23.8. The highest BCUT2D eigenvalue weighted by atomic mass is 32.1. The molecule has 9 aromatic rings. The maximum atomic E-state index is 5.24. The molecule has 5 aromatic carbocycles. The van der Waals surface area contributed by atoms with Gasteiger partial charge < -0.3 is 14.4 Å². The average Bonchev–Trinajstić information content (AvgIpc) is 3.87. The lowest BCUT2D eigenvalue weighted by molar-refractivity contribution is 1.13. The van der Waals surface area contributed by atoms with Crippen molar-refractivity contribution in [3.8, 4) is 5.69 Å². The van der Waals surface area contributed by atoms with Gasteiger partial charge in [0.15, 0.2) is 0 Å². The maximum absolute atomic E-state index is 5.24. The van der Waals surface area contributed by atoms with Crippen LogP contribution in [-0.4, -0.2) is 26.6 Å². The summed E-state index contributed by atoms with van der Waals surface area (Å²) in [5.74, 6) is 0.676. The van der Waals surface area contributed by atoms with E-state index in [-0.39, 0.29) is 7.12 Å². The summed E-state index contributed by atoms with van der Waals surface area (Å²) >= 11 is 1.71. The lowest BCUT2D eigenvalue weighted by atomic mass is 9.87. The smallest absolute Gasteiger partial charge is 0.343 e. The van der Waals surface area contributed by atoms with E-state index in [9.17, 15) is 0 Å². The molecule has 0 N–H and O–H groups in total. The van der Waals surface area contributed by atoms with Gasteiger partial charge in [-0.15, -0.1) is 11.3 Å². The van der Waals surface area contributed by atoms with Crippen molar-refractivity contribution in [2.24, 2.45) is 0 Å². The summed E-state index contributed by atoms with van der Waals surface area (Å²) in [6, 6.07) is 47.2. The number of hydrogen-bond donors (Lipinski definition) is 0. The number of para-hydroxylation sites is 4. The Morgan fingerprint density at radius 2 is 1.25 bits per heavy atom. The zero-order chi connectivity index (χ0) is 31.3. The van der Waals surface area contributed by atoms with Crippen LogP contribution >= 0.6 is 11.3 Å². The normalized spacial score (nSPS) is 13.7. The highest BCUT2D eigenvalue weighted by molar-refractivity contribution is 7.25. The monoisotopic (exact) mass is 633 g/mol. The largest absolute Gasteiger partial charge is 0.521 e. The second-order valence-corrected chi connectivity index (χ2v) is 13.2. The van der Waals surface area contributed by atoms with Gasteiger partial charge in [-0.1, -0.05) is 66.7 Å². The molecule has 0 unspecified atom stereocenters. The van der Waals surface area contributed by atoms with Gasteiger partial charge in [-0.2, -0.15) is 0 Å². The third kappa shape index (κ3) is 3.45. The minimum atomic E-state index is -0.252. The molecule has 9 heteroatoms. The predicted octanol–water partition coefficient (Wildman–Crippen LogP) is 9.76. The molecule has 2 aliphatic heterocycles. The van der Waals surface area contributed by atoms with Gasteiger partial charge in [0.25, 0.3) is 0 Å². The molecule has 0 saturated heterocycles. The van der Waals surface area contributed by atoms with E-state index in [1.165, 1.54) is 15.5 Å². The van der Waals surface area contributed by atoms with E-state index < -0.39 is 0 Å². The number of pyridine rings is 1. The number of fused-ring (bicyclic) bond motifs is 11. The third-order valence-corrected chi connectivity index (χ3v) is 10.7. The van der Waals surface area contributed by atoms with Crippen LogP contribution in [0.4, 0.5) is 34.4 Å². The van der Waals surface area contributed by atoms with Crippen molar-refractivity contribution in [1.29, 1.82) is 0 Å². The van der Waals surface area contributed by atoms with Crippen molar-refractivity contribution in [2.75, 3.05) is 14.4 Å². The van der Waals surface area contributed by atoms with Crippen LogP contribution in [0.2, 0.25) is 0 Å². The number of rotatable bonds is 3. The van der Waals surface area contributed by atoms with Crippen molar-refractivity contribution in [2.45, 2.75) is 0 Å². The van der Waals surface area contributed by atoms with Crippen LogP contribution < -0.4 is 14.4 Å². The molecule has 6 heterocycles. The molecule has 0 atom stereocenters. The van der Waals surface area contributed by atoms with Gasteiger partial charge in [0.05, 0.1) is 28.3 Å². The fourth-order valence-electron chi connectivity index (χ4n) is 7.64. The Labute approximate surface area is 279 Å². The van der Waals surface area contributed by atoms with Crippen molar-refractivity contribution < 1.29 is 0 Å². The zero-order valence-electron chi connectivity index (χ0n) is 25.5. The van der Waals surface area contributed by atoms with E-state index >= 15 is 0 Å². The van der Waals surface area contributed by atoms with Crippen LogP contribution in [0.15, 0.2) is 146 Å². The van der Waals surface area contributed by atoms with Gasteiger partial charge in [0.1, 0.15) is 10.5 Å². The van der Waals surface area contributed by atoms with Crippen LogP contribution in [-0.2, 0) is 0 Å². The Bertz CT molecular complexity index is 2690. The van der Waals surface area contributed by atoms with Gasteiger partial charge in [0, 0.05) is 50.0 Å². The number of anilines is 6. The summed E-state index contributed by atoms with van der Waals surface area (Å²) < 4.78 is 3.50. The van der Waals surface area contributed by atoms with Gasteiger partial charge in [0.2, 0.25) is 5.95 Å². The Morgan fingerprint density at radius 1 is 0.521 bits per heavy atom. The molecule has 0 fully saturated rings. The van der Waals surface area contributed by atoms with Gasteiger partial charge in [-0.25, -0.2) is 15.0 Å². The van der Waals surface area contributed by atoms with E-state index in [1.807, 2.05) is 18.5 Å². The molecule has 48 heavy (non-hydrogen) atoms. The average molecular weight is 634 g/mol. The second kappa shape index (κ2) is 9.67. The van der Waals surface area contributed by atoms with Crippen LogP contribution in [0.3, 0.4) is 0 Å². The summed E-state index contributed by atoms with van der Waals surface area (Å²) in [6.45, 7) is 0. The van der Waals surface area contributed by atoms with E-state index in [1.54, 1.807) is 11.3 Å². The van der Waals surface area contributed by atoms with Crippen molar-refractivity contribution >= 4 is 95.1 Å². The van der Waals surface area contributed by atoms with Gasteiger partial charge in [-0.3, -0.25) is 4.57 Å². The molecule has 0 amide bonds. The summed E-state index contributed by atoms with van der Waals surface area (Å²) in [5.41, 5.74) is 8.64. The molecule has 2 aliphatic rings. The van der Waals surface area contributed by atoms with Crippen molar-refractivity contribution in [1.82, 2.24) is 19.5 Å². The lowest BCUT2D eigenvalue weighted by Crippen LogP contribution is -2.52. The van der Waals surface area contributed by atoms with Crippen molar-refractivity contribution in [3.63, 3.8) is 0 Å². The fraction of sp³-hybridized carbons (Fsp3) is 0. The Morgan fingerprint density at radius 3 is 2.15 bits per heavy atom. The fourth-order valence-corrected chi connectivity index (χ4v) is 8.68. The first-order valence-electron chi connectivity index (χ1n) is 16.0. The molecule has 0 spiro atoms. The molecule has 0 bridgehead atoms. The number of hydrogen-bond acceptors (Lipinski definition) is 7. The van der Waals surface area contributed by atoms with E-state index in [2.05, 4.69) is 146 Å². The van der Waals surface area contributed by atoms with E-state index in [0.717, 1.165) is 60.9 Å². The van der Waals surface area contributed by atoms with Crippen molar-refractivity contribution in [3.05, 3.63) is 146 Å². The molecule has 0 aliphatic carbocycles. The lowest BCUT2D eigenvalue weighted by Gasteiger charge is -2.30. The Kier molecular flexibility index (Phi) is 5.22. The minimum Gasteiger partial charge on any atom is -0.343 e. The standard InChI is InChI=1S/C39H24BN7S/c1-2-11-25(12-3-1)45-34-21-20-26(44-31-16-6-4-13-27(31)29-15-10-22-41-37(29)44)23-35(34)46-32-17-7-8-18-33(32)47(40(45)46)39-42-24-30-28-14-5-9-19-36(28)48-38(30)43-39/h1-24H. The molecular weight excluding hydrogens is 609 g/mol. The summed E-state index contributed by atoms with van der Waals surface area (Å²) in [4.78, 5) is 23.3. The highest BCUT2D eigenvalue weighted by Crippen LogP contribution is 2.56. The van der Waals surface area contributed by atoms with Crippen LogP contribution in [0.5, 0.6) is 0 Å². The van der Waals surface area contributed by atoms with Crippen LogP contribution in [0.25, 0.3) is 47.9 Å². The predicted molar refractivity (Wildman–Crippen MR) is 199 cm³/mol. The summed E-state index contributed by atoms with van der Waals surface area (Å²) in [6.07, 6.45) is 3.87. The van der Waals surface area contributed by atoms with Crippen LogP contribution in [0, 0.1) is 0 Å². The summed E-state index contributed by atoms with van der Waals surface area (Å²) in [5, 5.41) is 4.61. The molecular formula is C39H24BN7S. The highest BCUT2D eigenvalue weighted by Gasteiger charge is 2.54.